The molecule has 0 aliphatic heterocycles. The van der Waals surface area contributed by atoms with Crippen molar-refractivity contribution in [2.75, 3.05) is 0 Å². The Morgan fingerprint density at radius 1 is 1.28 bits per heavy atom. The van der Waals surface area contributed by atoms with Crippen LogP contribution < -0.4 is 0 Å². The molecule has 0 aromatic heterocycles. The second-order valence-corrected chi connectivity index (χ2v) is 5.08. The fourth-order valence-corrected chi connectivity index (χ4v) is 2.43. The van der Waals surface area contributed by atoms with Crippen molar-refractivity contribution < 1.29 is 14.3 Å². The van der Waals surface area contributed by atoms with Gasteiger partial charge in [-0.3, -0.25) is 9.59 Å². The first kappa shape index (κ1) is 12.8. The second kappa shape index (κ2) is 5.80. The molecule has 1 aromatic carbocycles. The van der Waals surface area contributed by atoms with Crippen molar-refractivity contribution in [3.05, 3.63) is 35.9 Å². The molecule has 0 unspecified atom stereocenters. The summed E-state index contributed by atoms with van der Waals surface area (Å²) in [4.78, 5) is 23.3. The van der Waals surface area contributed by atoms with Crippen molar-refractivity contribution in [3.63, 3.8) is 0 Å². The first-order valence-electron chi connectivity index (χ1n) is 6.37. The molecule has 0 amide bonds. The Morgan fingerprint density at radius 3 is 2.67 bits per heavy atom. The second-order valence-electron chi connectivity index (χ2n) is 5.08. The monoisotopic (exact) mass is 246 g/mol. The Labute approximate surface area is 107 Å². The van der Waals surface area contributed by atoms with Gasteiger partial charge in [-0.2, -0.15) is 0 Å². The van der Waals surface area contributed by atoms with Crippen LogP contribution in [0.4, 0.5) is 0 Å². The first-order chi connectivity index (χ1) is 8.65. The maximum Gasteiger partial charge on any atom is 0.309 e. The molecule has 0 N–H and O–H groups in total. The fourth-order valence-electron chi connectivity index (χ4n) is 2.43. The zero-order chi connectivity index (χ0) is 13.0. The van der Waals surface area contributed by atoms with Crippen molar-refractivity contribution >= 4 is 11.8 Å². The molecule has 18 heavy (non-hydrogen) atoms. The Bertz CT molecular complexity index is 425. The van der Waals surface area contributed by atoms with Crippen molar-refractivity contribution in [1.29, 1.82) is 0 Å². The fraction of sp³-hybridized carbons (Fsp3) is 0.467. The van der Waals surface area contributed by atoms with Gasteiger partial charge in [-0.25, -0.2) is 0 Å². The molecule has 0 spiro atoms. The summed E-state index contributed by atoms with van der Waals surface area (Å²) in [5.74, 6) is -0.0142. The molecular weight excluding hydrogens is 228 g/mol. The van der Waals surface area contributed by atoms with Crippen LogP contribution in [0.15, 0.2) is 30.3 Å². The number of esters is 1. The van der Waals surface area contributed by atoms with E-state index >= 15 is 0 Å². The summed E-state index contributed by atoms with van der Waals surface area (Å²) < 4.78 is 5.27. The highest BCUT2D eigenvalue weighted by molar-refractivity contribution is 5.85. The molecule has 3 heteroatoms. The minimum atomic E-state index is -0.245. The number of carbonyl (C=O) groups excluding carboxylic acids is 2. The third-order valence-electron chi connectivity index (χ3n) is 3.29. The third kappa shape index (κ3) is 3.42. The molecule has 0 saturated heterocycles. The van der Waals surface area contributed by atoms with Gasteiger partial charge in [0.15, 0.2) is 0 Å². The molecule has 3 nitrogen and oxygen atoms in total. The predicted octanol–water partition coefficient (Wildman–Crippen LogP) is 2.74. The molecule has 96 valence electrons. The molecule has 1 aliphatic carbocycles. The van der Waals surface area contributed by atoms with Crippen molar-refractivity contribution in [1.82, 2.24) is 0 Å². The van der Waals surface area contributed by atoms with Crippen molar-refractivity contribution in [2.24, 2.45) is 11.8 Å². The van der Waals surface area contributed by atoms with Crippen molar-refractivity contribution in [2.45, 2.75) is 32.8 Å². The average molecular weight is 246 g/mol. The Balaban J connectivity index is 1.86. The van der Waals surface area contributed by atoms with E-state index in [1.807, 2.05) is 37.3 Å². The van der Waals surface area contributed by atoms with E-state index in [9.17, 15) is 9.59 Å². The first-order valence-corrected chi connectivity index (χ1v) is 6.37. The lowest BCUT2D eigenvalue weighted by Crippen LogP contribution is -2.28. The summed E-state index contributed by atoms with van der Waals surface area (Å²) >= 11 is 0. The highest BCUT2D eigenvalue weighted by atomic mass is 16.5. The smallest absolute Gasteiger partial charge is 0.309 e. The van der Waals surface area contributed by atoms with E-state index in [0.717, 1.165) is 12.0 Å². The Hall–Kier alpha value is -1.64. The number of hydrogen-bond donors (Lipinski definition) is 0. The van der Waals surface area contributed by atoms with E-state index in [-0.39, 0.29) is 17.7 Å². The van der Waals surface area contributed by atoms with E-state index in [2.05, 4.69) is 0 Å². The van der Waals surface area contributed by atoms with Gasteiger partial charge < -0.3 is 4.74 Å². The third-order valence-corrected chi connectivity index (χ3v) is 3.29. The molecule has 1 aromatic rings. The van der Waals surface area contributed by atoms with Crippen molar-refractivity contribution in [3.8, 4) is 0 Å². The van der Waals surface area contributed by atoms with Gasteiger partial charge in [0, 0.05) is 12.8 Å². The quantitative estimate of drug-likeness (QED) is 0.770. The summed E-state index contributed by atoms with van der Waals surface area (Å²) in [6.45, 7) is 2.30. The van der Waals surface area contributed by atoms with Crippen LogP contribution in [0.25, 0.3) is 0 Å². The molecule has 0 radical (unpaired) electrons. The van der Waals surface area contributed by atoms with E-state index in [1.165, 1.54) is 0 Å². The largest absolute Gasteiger partial charge is 0.461 e. The van der Waals surface area contributed by atoms with Gasteiger partial charge in [0.25, 0.3) is 0 Å². The van der Waals surface area contributed by atoms with Crippen LogP contribution in [0.2, 0.25) is 0 Å². The summed E-state index contributed by atoms with van der Waals surface area (Å²) in [6.07, 6.45) is 1.71. The normalized spacial score (nSPS) is 23.7. The Morgan fingerprint density at radius 2 is 2.00 bits per heavy atom. The minimum Gasteiger partial charge on any atom is -0.461 e. The molecule has 1 saturated carbocycles. The molecular formula is C15H18O3. The summed E-state index contributed by atoms with van der Waals surface area (Å²) in [5.41, 5.74) is 0.973. The maximum absolute atomic E-state index is 11.9. The van der Waals surface area contributed by atoms with Crippen LogP contribution >= 0.6 is 0 Å². The van der Waals surface area contributed by atoms with Crippen LogP contribution in [0.5, 0.6) is 0 Å². The number of ketones is 1. The van der Waals surface area contributed by atoms with Crippen LogP contribution in [-0.4, -0.2) is 11.8 Å². The lowest BCUT2D eigenvalue weighted by atomic mass is 9.82. The van der Waals surface area contributed by atoms with Gasteiger partial charge >= 0.3 is 5.97 Å². The number of hydrogen-bond acceptors (Lipinski definition) is 3. The lowest BCUT2D eigenvalue weighted by Gasteiger charge is -2.24. The van der Waals surface area contributed by atoms with Crippen LogP contribution in [0.1, 0.15) is 31.7 Å². The number of benzene rings is 1. The Kier molecular flexibility index (Phi) is 4.13. The van der Waals surface area contributed by atoms with E-state index < -0.39 is 0 Å². The van der Waals surface area contributed by atoms with Crippen LogP contribution in [-0.2, 0) is 20.9 Å². The highest BCUT2D eigenvalue weighted by Gasteiger charge is 2.30. The SMILES string of the molecule is C[C@@H]1CC(=O)C[C@H](C(=O)OCc2ccccc2)C1. The van der Waals surface area contributed by atoms with E-state index in [4.69, 9.17) is 4.74 Å². The lowest BCUT2D eigenvalue weighted by molar-refractivity contribution is -0.153. The number of carbonyl (C=O) groups is 2. The van der Waals surface area contributed by atoms with Gasteiger partial charge in [-0.05, 0) is 17.9 Å². The predicted molar refractivity (Wildman–Crippen MR) is 67.8 cm³/mol. The minimum absolute atomic E-state index is 0.176. The maximum atomic E-state index is 11.9. The number of ether oxygens (including phenoxy) is 1. The van der Waals surface area contributed by atoms with E-state index in [0.29, 0.717) is 25.4 Å². The number of rotatable bonds is 3. The molecule has 2 atom stereocenters. The zero-order valence-corrected chi connectivity index (χ0v) is 10.6. The van der Waals surface area contributed by atoms with Crippen LogP contribution in [0.3, 0.4) is 0 Å². The molecule has 0 bridgehead atoms. The highest BCUT2D eigenvalue weighted by Crippen LogP contribution is 2.27. The molecule has 1 fully saturated rings. The van der Waals surface area contributed by atoms with Gasteiger partial charge in [0.05, 0.1) is 5.92 Å². The van der Waals surface area contributed by atoms with Gasteiger partial charge in [-0.15, -0.1) is 0 Å². The molecule has 0 heterocycles. The average Bonchev–Trinajstić information content (AvgIpc) is 2.36. The summed E-state index contributed by atoms with van der Waals surface area (Å²) in [6, 6.07) is 9.58. The molecule has 1 aliphatic rings. The summed E-state index contributed by atoms with van der Waals surface area (Å²) in [5, 5.41) is 0. The topological polar surface area (TPSA) is 43.4 Å². The summed E-state index contributed by atoms with van der Waals surface area (Å²) in [7, 11) is 0. The van der Waals surface area contributed by atoms with Gasteiger partial charge in [0.2, 0.25) is 0 Å². The number of Topliss-reactive ketones (excluding diaryl/α,β-unsaturated/α-hetero) is 1. The standard InChI is InChI=1S/C15H18O3/c1-11-7-13(9-14(16)8-11)15(17)18-10-12-5-3-2-4-6-12/h2-6,11,13H,7-10H2,1H3/t11-,13+/m0/s1. The van der Waals surface area contributed by atoms with E-state index in [1.54, 1.807) is 0 Å². The van der Waals surface area contributed by atoms with Crippen LogP contribution in [0, 0.1) is 11.8 Å². The zero-order valence-electron chi connectivity index (χ0n) is 10.6. The molecule has 2 rings (SSSR count). The van der Waals surface area contributed by atoms with Gasteiger partial charge in [-0.1, -0.05) is 37.3 Å². The van der Waals surface area contributed by atoms with Gasteiger partial charge in [0.1, 0.15) is 12.4 Å².